The van der Waals surface area contributed by atoms with E-state index in [0.29, 0.717) is 65.7 Å². The van der Waals surface area contributed by atoms with Gasteiger partial charge in [0, 0.05) is 46.2 Å². The molecule has 0 bridgehead atoms. The molecule has 4 aliphatic heterocycles. The van der Waals surface area contributed by atoms with E-state index in [1.807, 2.05) is 78.6 Å². The van der Waals surface area contributed by atoms with Crippen molar-refractivity contribution in [1.29, 1.82) is 0 Å². The monoisotopic (exact) mass is 906 g/mol. The van der Waals surface area contributed by atoms with Gasteiger partial charge in [0.15, 0.2) is 0 Å². The van der Waals surface area contributed by atoms with E-state index >= 15 is 4.79 Å². The highest BCUT2D eigenvalue weighted by molar-refractivity contribution is 14.1. The van der Waals surface area contributed by atoms with Crippen molar-refractivity contribution in [3.8, 4) is 5.75 Å². The summed E-state index contributed by atoms with van der Waals surface area (Å²) in [5.41, 5.74) is 3.49. The van der Waals surface area contributed by atoms with E-state index in [2.05, 4.69) is 27.9 Å². The van der Waals surface area contributed by atoms with Crippen LogP contribution in [0.1, 0.15) is 69.3 Å². The molecule has 2 fully saturated rings. The number of rotatable bonds is 7. The maximum absolute atomic E-state index is 15.1. The number of urea groups is 1. The number of halogens is 3. The number of nitrogens with zero attached hydrogens (tertiary/aromatic N) is 5. The highest BCUT2D eigenvalue weighted by Gasteiger charge is 2.47. The van der Waals surface area contributed by atoms with E-state index < -0.39 is 36.2 Å². The molecule has 8 rings (SSSR count). The first-order valence-corrected chi connectivity index (χ1v) is 20.2. The predicted octanol–water partition coefficient (Wildman–Crippen LogP) is 6.68. The van der Waals surface area contributed by atoms with Gasteiger partial charge in [0.2, 0.25) is 5.91 Å². The number of aliphatic hydroxyl groups is 1. The Morgan fingerprint density at radius 1 is 0.893 bits per heavy atom. The quantitative estimate of drug-likeness (QED) is 0.156. The summed E-state index contributed by atoms with van der Waals surface area (Å²) >= 11 is 14.9. The topological polar surface area (TPSA) is 135 Å². The van der Waals surface area contributed by atoms with Gasteiger partial charge in [-0.05, 0) is 102 Å². The first-order valence-electron chi connectivity index (χ1n) is 18.4. The SMILES string of the molecule is CCOc1cc(I)ccc1C1=N[C@@H](c2ccc(Cl)cc2)[C@@H](c2ccc(Cl)cc2)N1C(=O)N1CCN(c2cccc3c2C(=O)N(C2CCC(=O)NC2O)C3=O)CC1. The molecule has 0 radical (unpaired) electrons. The Labute approximate surface area is 347 Å². The molecule has 0 aliphatic carbocycles. The first kappa shape index (κ1) is 38.2. The average molecular weight is 908 g/mol. The Balaban J connectivity index is 1.11. The number of aliphatic hydroxyl groups excluding tert-OH is 1. The van der Waals surface area contributed by atoms with Crippen LogP contribution in [0.15, 0.2) is 89.9 Å². The lowest BCUT2D eigenvalue weighted by molar-refractivity contribution is -0.129. The van der Waals surface area contributed by atoms with Gasteiger partial charge >= 0.3 is 6.03 Å². The molecule has 4 aliphatic rings. The smallest absolute Gasteiger partial charge is 0.326 e. The fourth-order valence-corrected chi connectivity index (χ4v) is 8.71. The number of hydrogen-bond donors (Lipinski definition) is 2. The number of hydrogen-bond acceptors (Lipinski definition) is 8. The van der Waals surface area contributed by atoms with Crippen molar-refractivity contribution < 1.29 is 29.0 Å². The summed E-state index contributed by atoms with van der Waals surface area (Å²) < 4.78 is 7.10. The molecular weight excluding hydrogens is 870 g/mol. The number of amidine groups is 1. The molecule has 288 valence electrons. The van der Waals surface area contributed by atoms with Gasteiger partial charge in [-0.15, -0.1) is 0 Å². The van der Waals surface area contributed by atoms with Crippen LogP contribution in [0.3, 0.4) is 0 Å². The molecule has 15 heteroatoms. The van der Waals surface area contributed by atoms with Crippen molar-refractivity contribution in [2.75, 3.05) is 37.7 Å². The van der Waals surface area contributed by atoms with Crippen LogP contribution in [0, 0.1) is 3.57 Å². The second kappa shape index (κ2) is 15.7. The van der Waals surface area contributed by atoms with Crippen molar-refractivity contribution in [2.45, 2.75) is 44.1 Å². The highest BCUT2D eigenvalue weighted by Crippen LogP contribution is 2.46. The summed E-state index contributed by atoms with van der Waals surface area (Å²) in [6.45, 7) is 3.73. The van der Waals surface area contributed by atoms with Gasteiger partial charge < -0.3 is 25.0 Å². The van der Waals surface area contributed by atoms with Crippen molar-refractivity contribution >= 4 is 81.1 Å². The normalized spacial score (nSPS) is 22.3. The third-order valence-corrected chi connectivity index (χ3v) is 11.8. The van der Waals surface area contributed by atoms with Gasteiger partial charge in [-0.3, -0.25) is 29.2 Å². The molecule has 4 atom stereocenters. The number of carbonyl (C=O) groups is 4. The first-order chi connectivity index (χ1) is 27.0. The van der Waals surface area contributed by atoms with E-state index in [4.69, 9.17) is 32.9 Å². The molecule has 4 heterocycles. The van der Waals surface area contributed by atoms with Crippen LogP contribution < -0.4 is 15.0 Å². The third kappa shape index (κ3) is 6.99. The molecular formula is C41H37Cl2IN6O6. The summed E-state index contributed by atoms with van der Waals surface area (Å²) in [6, 6.07) is 23.8. The fraction of sp³-hybridized carbons (Fsp3) is 0.293. The average Bonchev–Trinajstić information content (AvgIpc) is 3.70. The largest absolute Gasteiger partial charge is 0.493 e. The molecule has 4 aromatic carbocycles. The van der Waals surface area contributed by atoms with Gasteiger partial charge in [-0.2, -0.15) is 0 Å². The predicted molar refractivity (Wildman–Crippen MR) is 220 cm³/mol. The fourth-order valence-electron chi connectivity index (χ4n) is 7.99. The van der Waals surface area contributed by atoms with Gasteiger partial charge in [-0.1, -0.05) is 53.5 Å². The number of fused-ring (bicyclic) bond motifs is 1. The number of aliphatic imine (C=N–C) groups is 1. The minimum atomic E-state index is -1.35. The van der Waals surface area contributed by atoms with E-state index in [9.17, 15) is 19.5 Å². The van der Waals surface area contributed by atoms with Crippen LogP contribution >= 0.6 is 45.8 Å². The van der Waals surface area contributed by atoms with Crippen LogP contribution in [0.5, 0.6) is 5.75 Å². The van der Waals surface area contributed by atoms with Crippen molar-refractivity contribution in [1.82, 2.24) is 20.0 Å². The lowest BCUT2D eigenvalue weighted by atomic mass is 9.93. The highest BCUT2D eigenvalue weighted by atomic mass is 127. The molecule has 0 saturated carbocycles. The minimum Gasteiger partial charge on any atom is -0.493 e. The number of anilines is 1. The molecule has 5 amide bonds. The third-order valence-electron chi connectivity index (χ3n) is 10.7. The van der Waals surface area contributed by atoms with Crippen LogP contribution in [0.25, 0.3) is 0 Å². The summed E-state index contributed by atoms with van der Waals surface area (Å²) in [4.78, 5) is 66.4. The van der Waals surface area contributed by atoms with Crippen LogP contribution in [0.2, 0.25) is 10.0 Å². The zero-order chi connectivity index (χ0) is 39.2. The Hall–Kier alpha value is -4.70. The lowest BCUT2D eigenvalue weighted by Crippen LogP contribution is -2.57. The summed E-state index contributed by atoms with van der Waals surface area (Å²) in [7, 11) is 0. The Morgan fingerprint density at radius 3 is 2.23 bits per heavy atom. The Bertz CT molecular complexity index is 2250. The van der Waals surface area contributed by atoms with Crippen molar-refractivity contribution in [2.24, 2.45) is 4.99 Å². The molecule has 56 heavy (non-hydrogen) atoms. The Morgan fingerprint density at radius 2 is 1.57 bits per heavy atom. The summed E-state index contributed by atoms with van der Waals surface area (Å²) in [5.74, 6) is -0.268. The molecule has 0 aromatic heterocycles. The van der Waals surface area contributed by atoms with Crippen molar-refractivity contribution in [3.63, 3.8) is 0 Å². The Kier molecular flexibility index (Phi) is 10.7. The van der Waals surface area contributed by atoms with Crippen LogP contribution in [0.4, 0.5) is 10.5 Å². The molecule has 2 saturated heterocycles. The van der Waals surface area contributed by atoms with E-state index in [0.717, 1.165) is 19.6 Å². The second-order valence-electron chi connectivity index (χ2n) is 13.9. The van der Waals surface area contributed by atoms with E-state index in [-0.39, 0.29) is 35.9 Å². The zero-order valence-corrected chi connectivity index (χ0v) is 33.9. The number of benzene rings is 4. The number of imide groups is 1. The van der Waals surface area contributed by atoms with Gasteiger partial charge in [0.05, 0.1) is 41.1 Å². The van der Waals surface area contributed by atoms with Crippen molar-refractivity contribution in [3.05, 3.63) is 126 Å². The number of ether oxygens (including phenoxy) is 1. The molecule has 12 nitrogen and oxygen atoms in total. The number of piperazine rings is 1. The molecule has 2 unspecified atom stereocenters. The summed E-state index contributed by atoms with van der Waals surface area (Å²) in [5, 5.41) is 14.2. The molecule has 0 spiro atoms. The molecule has 4 aromatic rings. The number of nitrogens with one attached hydrogen (secondary N) is 1. The van der Waals surface area contributed by atoms with Crippen LogP contribution in [-0.4, -0.2) is 94.5 Å². The standard InChI is InChI=1S/C41H37Cl2IN6O6/c1-2-56-32-22-27(44)14-15-28(32)37-46-35(23-6-10-25(42)11-7-23)36(24-8-12-26(43)13-9-24)50(37)41(55)48-20-18-47(19-21-48)30-5-3-4-29-34(30)40(54)49(39(29)53)31-16-17-33(51)45-38(31)52/h3-15,22,31,35-36,38,52H,2,16-21H2,1H3,(H,45,51)/t31?,35-,36+,38?/m0/s1. The second-order valence-corrected chi connectivity index (χ2v) is 16.1. The molecule has 2 N–H and O–H groups in total. The number of amides is 5. The summed E-state index contributed by atoms with van der Waals surface area (Å²) in [6.07, 6.45) is -1.09. The van der Waals surface area contributed by atoms with Gasteiger partial charge in [0.1, 0.15) is 23.9 Å². The maximum Gasteiger partial charge on any atom is 0.326 e. The lowest BCUT2D eigenvalue weighted by Gasteiger charge is -2.40. The zero-order valence-electron chi connectivity index (χ0n) is 30.2. The minimum absolute atomic E-state index is 0.0945. The van der Waals surface area contributed by atoms with Gasteiger partial charge in [-0.25, -0.2) is 4.79 Å². The number of carbonyl (C=O) groups excluding carboxylic acids is 4. The maximum atomic E-state index is 15.1. The number of piperidine rings is 1. The van der Waals surface area contributed by atoms with Crippen LogP contribution in [-0.2, 0) is 4.79 Å². The van der Waals surface area contributed by atoms with Gasteiger partial charge in [0.25, 0.3) is 11.8 Å². The van der Waals surface area contributed by atoms with E-state index in [1.165, 1.54) is 0 Å². The van der Waals surface area contributed by atoms with E-state index in [1.54, 1.807) is 28.0 Å².